The predicted octanol–water partition coefficient (Wildman–Crippen LogP) is 4.94. The second-order valence-electron chi connectivity index (χ2n) is 6.49. The monoisotopic (exact) mass is 445 g/mol. The number of carbonyl (C=O) groups is 1. The van der Waals surface area contributed by atoms with Gasteiger partial charge in [-0.2, -0.15) is 5.10 Å². The van der Waals surface area contributed by atoms with Gasteiger partial charge >= 0.3 is 0 Å². The highest BCUT2D eigenvalue weighted by Crippen LogP contribution is 2.28. The van der Waals surface area contributed by atoms with Gasteiger partial charge in [0.1, 0.15) is 0 Å². The Balaban J connectivity index is 1.66. The van der Waals surface area contributed by atoms with Crippen LogP contribution in [0.2, 0.25) is 10.0 Å². The number of halogens is 2. The van der Waals surface area contributed by atoms with E-state index in [1.165, 1.54) is 0 Å². The van der Waals surface area contributed by atoms with Gasteiger partial charge in [-0.1, -0.05) is 35.3 Å². The molecule has 2 aromatic carbocycles. The lowest BCUT2D eigenvalue weighted by molar-refractivity contribution is -0.123. The fraction of sp³-hybridized carbons (Fsp3) is 0.182. The summed E-state index contributed by atoms with van der Waals surface area (Å²) in [6.45, 7) is 3.73. The first-order chi connectivity index (χ1) is 14.4. The Labute approximate surface area is 185 Å². The van der Waals surface area contributed by atoms with E-state index < -0.39 is 0 Å². The standard InChI is InChI=1S/C22H21Cl2N3O3/c1-14-10-16(15(2)27(14)19-9-8-17(23)11-18(19)24)12-25-26-22(28)13-30-21-7-5-4-6-20(21)29-3/h4-12H,13H2,1-3H3,(H,26,28)/b25-12+. The molecule has 8 heteroatoms. The number of ether oxygens (including phenoxy) is 2. The van der Waals surface area contributed by atoms with E-state index in [4.69, 9.17) is 32.7 Å². The molecule has 3 rings (SSSR count). The summed E-state index contributed by atoms with van der Waals surface area (Å²) in [4.78, 5) is 12.0. The van der Waals surface area contributed by atoms with Crippen molar-refractivity contribution in [2.24, 2.45) is 5.10 Å². The zero-order valence-electron chi connectivity index (χ0n) is 16.8. The molecule has 1 aromatic heterocycles. The maximum atomic E-state index is 12.0. The topological polar surface area (TPSA) is 64.8 Å². The Morgan fingerprint density at radius 3 is 2.57 bits per heavy atom. The number of hydrazone groups is 1. The first-order valence-electron chi connectivity index (χ1n) is 9.12. The van der Waals surface area contributed by atoms with Gasteiger partial charge < -0.3 is 14.0 Å². The van der Waals surface area contributed by atoms with Crippen LogP contribution in [0.1, 0.15) is 17.0 Å². The molecule has 0 aliphatic rings. The number of methoxy groups -OCH3 is 1. The molecule has 0 bridgehead atoms. The van der Waals surface area contributed by atoms with Crippen LogP contribution in [0, 0.1) is 13.8 Å². The van der Waals surface area contributed by atoms with E-state index in [-0.39, 0.29) is 12.5 Å². The molecule has 0 spiro atoms. The Morgan fingerprint density at radius 1 is 1.13 bits per heavy atom. The highest BCUT2D eigenvalue weighted by Gasteiger charge is 2.12. The largest absolute Gasteiger partial charge is 0.493 e. The van der Waals surface area contributed by atoms with Gasteiger partial charge in [0.2, 0.25) is 0 Å². The van der Waals surface area contributed by atoms with E-state index in [9.17, 15) is 4.79 Å². The number of aromatic nitrogens is 1. The molecule has 1 amide bonds. The number of rotatable bonds is 7. The minimum Gasteiger partial charge on any atom is -0.493 e. The molecule has 0 saturated heterocycles. The number of nitrogens with one attached hydrogen (secondary N) is 1. The van der Waals surface area contributed by atoms with E-state index in [1.54, 1.807) is 43.7 Å². The first kappa shape index (κ1) is 21.7. The van der Waals surface area contributed by atoms with Crippen LogP contribution in [0.3, 0.4) is 0 Å². The van der Waals surface area contributed by atoms with Gasteiger partial charge in [-0.3, -0.25) is 4.79 Å². The first-order valence-corrected chi connectivity index (χ1v) is 9.88. The summed E-state index contributed by atoms with van der Waals surface area (Å²) < 4.78 is 12.7. The third-order valence-corrected chi connectivity index (χ3v) is 4.98. The van der Waals surface area contributed by atoms with Crippen molar-refractivity contribution in [3.63, 3.8) is 0 Å². The van der Waals surface area contributed by atoms with Crippen molar-refractivity contribution in [3.8, 4) is 17.2 Å². The average molecular weight is 446 g/mol. The highest BCUT2D eigenvalue weighted by molar-refractivity contribution is 6.35. The summed E-state index contributed by atoms with van der Waals surface area (Å²) in [6.07, 6.45) is 1.59. The van der Waals surface area contributed by atoms with E-state index in [0.29, 0.717) is 21.5 Å². The Kier molecular flexibility index (Phi) is 7.03. The van der Waals surface area contributed by atoms with Crippen LogP contribution in [0.15, 0.2) is 53.6 Å². The third-order valence-electron chi connectivity index (χ3n) is 4.44. The number of hydrogen-bond donors (Lipinski definition) is 1. The lowest BCUT2D eigenvalue weighted by atomic mass is 10.2. The third kappa shape index (κ3) is 4.96. The molecule has 0 aliphatic heterocycles. The van der Waals surface area contributed by atoms with Crippen molar-refractivity contribution in [2.45, 2.75) is 13.8 Å². The minimum atomic E-state index is -0.383. The number of benzene rings is 2. The van der Waals surface area contributed by atoms with Gasteiger partial charge in [-0.15, -0.1) is 0 Å². The number of nitrogens with zero attached hydrogens (tertiary/aromatic N) is 2. The van der Waals surface area contributed by atoms with Crippen molar-refractivity contribution in [1.82, 2.24) is 9.99 Å². The molecule has 6 nitrogen and oxygen atoms in total. The van der Waals surface area contributed by atoms with Gasteiger partial charge in [0.05, 0.1) is 24.0 Å². The van der Waals surface area contributed by atoms with Crippen LogP contribution in [-0.4, -0.2) is 30.4 Å². The maximum absolute atomic E-state index is 12.0. The van der Waals surface area contributed by atoms with Gasteiger partial charge in [0, 0.05) is 22.0 Å². The van der Waals surface area contributed by atoms with Crippen LogP contribution < -0.4 is 14.9 Å². The summed E-state index contributed by atoms with van der Waals surface area (Å²) >= 11 is 12.3. The number of aryl methyl sites for hydroxylation is 1. The van der Waals surface area contributed by atoms with Crippen molar-refractivity contribution in [1.29, 1.82) is 0 Å². The Bertz CT molecular complexity index is 1090. The molecule has 3 aromatic rings. The van der Waals surface area contributed by atoms with Crippen molar-refractivity contribution >= 4 is 35.3 Å². The number of amides is 1. The molecule has 30 heavy (non-hydrogen) atoms. The second-order valence-corrected chi connectivity index (χ2v) is 7.33. The molecule has 0 atom stereocenters. The summed E-state index contributed by atoms with van der Waals surface area (Å²) in [5, 5.41) is 5.16. The molecule has 0 saturated carbocycles. The minimum absolute atomic E-state index is 0.183. The molecule has 0 radical (unpaired) electrons. The normalized spacial score (nSPS) is 11.0. The van der Waals surface area contributed by atoms with E-state index >= 15 is 0 Å². The predicted molar refractivity (Wildman–Crippen MR) is 119 cm³/mol. The molecule has 0 unspecified atom stereocenters. The van der Waals surface area contributed by atoms with Crippen LogP contribution in [0.25, 0.3) is 5.69 Å². The summed E-state index contributed by atoms with van der Waals surface area (Å²) in [6, 6.07) is 14.4. The van der Waals surface area contributed by atoms with Crippen LogP contribution in [0.4, 0.5) is 0 Å². The molecular formula is C22H21Cl2N3O3. The van der Waals surface area contributed by atoms with Crippen LogP contribution >= 0.6 is 23.2 Å². The average Bonchev–Trinajstić information content (AvgIpc) is 3.00. The quantitative estimate of drug-likeness (QED) is 0.413. The van der Waals surface area contributed by atoms with Gasteiger partial charge in [-0.25, -0.2) is 5.43 Å². The van der Waals surface area contributed by atoms with E-state index in [1.807, 2.05) is 36.6 Å². The Hall–Kier alpha value is -2.96. The lowest BCUT2D eigenvalue weighted by Crippen LogP contribution is -2.24. The molecular weight excluding hydrogens is 425 g/mol. The summed E-state index contributed by atoms with van der Waals surface area (Å²) in [7, 11) is 1.54. The lowest BCUT2D eigenvalue weighted by Gasteiger charge is -2.11. The summed E-state index contributed by atoms with van der Waals surface area (Å²) in [5.74, 6) is 0.663. The zero-order valence-corrected chi connectivity index (χ0v) is 18.3. The maximum Gasteiger partial charge on any atom is 0.277 e. The zero-order chi connectivity index (χ0) is 21.7. The van der Waals surface area contributed by atoms with Crippen molar-refractivity contribution in [3.05, 3.63) is 75.5 Å². The van der Waals surface area contributed by atoms with Crippen molar-refractivity contribution in [2.75, 3.05) is 13.7 Å². The smallest absolute Gasteiger partial charge is 0.277 e. The fourth-order valence-electron chi connectivity index (χ4n) is 3.04. The SMILES string of the molecule is COc1ccccc1OCC(=O)N/N=C/c1cc(C)n(-c2ccc(Cl)cc2Cl)c1C. The molecule has 0 fully saturated rings. The fourth-order valence-corrected chi connectivity index (χ4v) is 3.53. The second kappa shape index (κ2) is 9.69. The van der Waals surface area contributed by atoms with Gasteiger partial charge in [0.15, 0.2) is 18.1 Å². The number of hydrogen-bond acceptors (Lipinski definition) is 4. The molecule has 0 aliphatic carbocycles. The van der Waals surface area contributed by atoms with Crippen LogP contribution in [-0.2, 0) is 4.79 Å². The van der Waals surface area contributed by atoms with Gasteiger partial charge in [0.25, 0.3) is 5.91 Å². The number of para-hydroxylation sites is 2. The van der Waals surface area contributed by atoms with E-state index in [2.05, 4.69) is 10.5 Å². The van der Waals surface area contributed by atoms with Crippen LogP contribution in [0.5, 0.6) is 11.5 Å². The van der Waals surface area contributed by atoms with E-state index in [0.717, 1.165) is 22.6 Å². The molecule has 1 N–H and O–H groups in total. The molecule has 156 valence electrons. The Morgan fingerprint density at radius 2 is 1.87 bits per heavy atom. The van der Waals surface area contributed by atoms with Crippen molar-refractivity contribution < 1.29 is 14.3 Å². The van der Waals surface area contributed by atoms with Gasteiger partial charge in [-0.05, 0) is 50.2 Å². The highest BCUT2D eigenvalue weighted by atomic mass is 35.5. The summed E-state index contributed by atoms with van der Waals surface area (Å²) in [5.41, 5.74) is 6.05. The number of carbonyl (C=O) groups excluding carboxylic acids is 1. The molecule has 1 heterocycles.